The van der Waals surface area contributed by atoms with Crippen LogP contribution in [0.15, 0.2) is 41.4 Å². The van der Waals surface area contributed by atoms with Gasteiger partial charge in [-0.1, -0.05) is 32.9 Å². The summed E-state index contributed by atoms with van der Waals surface area (Å²) in [5, 5.41) is 6.59. The van der Waals surface area contributed by atoms with E-state index < -0.39 is 10.0 Å². The molecule has 0 spiro atoms. The first-order chi connectivity index (χ1) is 9.70. The summed E-state index contributed by atoms with van der Waals surface area (Å²) in [5.74, 6) is 0. The molecule has 2 rings (SSSR count). The molecule has 0 saturated carbocycles. The Morgan fingerprint density at radius 2 is 1.76 bits per heavy atom. The fraction of sp³-hybridized carbons (Fsp3) is 0.400. The average Bonchev–Trinajstić information content (AvgIpc) is 2.91. The van der Waals surface area contributed by atoms with E-state index in [0.717, 1.165) is 11.3 Å². The first-order valence-electron chi connectivity index (χ1n) is 6.82. The van der Waals surface area contributed by atoms with Crippen LogP contribution in [-0.4, -0.2) is 18.6 Å². The van der Waals surface area contributed by atoms with E-state index in [9.17, 15) is 8.42 Å². The molecule has 0 bridgehead atoms. The molecule has 2 N–H and O–H groups in total. The van der Waals surface area contributed by atoms with Gasteiger partial charge in [0.15, 0.2) is 0 Å². The Morgan fingerprint density at radius 1 is 1.14 bits per heavy atom. The predicted octanol–water partition coefficient (Wildman–Crippen LogP) is 2.75. The Bertz CT molecular complexity index is 684. The van der Waals surface area contributed by atoms with Crippen LogP contribution >= 0.6 is 0 Å². The van der Waals surface area contributed by atoms with E-state index in [1.54, 1.807) is 31.3 Å². The minimum absolute atomic E-state index is 0.00106. The number of benzene rings is 1. The molecular weight excluding hydrogens is 286 g/mol. The molecule has 5 nitrogen and oxygen atoms in total. The van der Waals surface area contributed by atoms with E-state index in [1.165, 1.54) is 0 Å². The van der Waals surface area contributed by atoms with Gasteiger partial charge in [0.25, 0.3) is 0 Å². The second kappa shape index (κ2) is 5.61. The molecule has 1 heterocycles. The summed E-state index contributed by atoms with van der Waals surface area (Å²) < 4.78 is 27.3. The minimum Gasteiger partial charge on any atom is -0.281 e. The van der Waals surface area contributed by atoms with Gasteiger partial charge in [0.1, 0.15) is 0 Å². The molecule has 0 radical (unpaired) electrons. The third kappa shape index (κ3) is 3.71. The smallest absolute Gasteiger partial charge is 0.241 e. The zero-order valence-corrected chi connectivity index (χ0v) is 13.5. The third-order valence-corrected chi connectivity index (χ3v) is 4.91. The molecule has 0 fully saturated rings. The quantitative estimate of drug-likeness (QED) is 0.912. The Balaban J connectivity index is 2.20. The number of H-pyrrole nitrogens is 1. The van der Waals surface area contributed by atoms with Gasteiger partial charge in [-0.2, -0.15) is 5.10 Å². The highest BCUT2D eigenvalue weighted by Gasteiger charge is 2.20. The van der Waals surface area contributed by atoms with Crippen molar-refractivity contribution in [3.63, 3.8) is 0 Å². The molecule has 0 amide bonds. The van der Waals surface area contributed by atoms with Crippen LogP contribution in [0.1, 0.15) is 45.0 Å². The number of hydrogen-bond acceptors (Lipinski definition) is 3. The SMILES string of the molecule is C[C@H](NS(=O)(=O)c1ccc(C(C)(C)C)cc1)c1ccn[nH]1. The van der Waals surface area contributed by atoms with Crippen molar-refractivity contribution < 1.29 is 8.42 Å². The van der Waals surface area contributed by atoms with Gasteiger partial charge in [-0.05, 0) is 36.1 Å². The second-order valence-electron chi connectivity index (χ2n) is 6.13. The molecule has 21 heavy (non-hydrogen) atoms. The van der Waals surface area contributed by atoms with Crippen molar-refractivity contribution in [2.75, 3.05) is 0 Å². The number of aromatic nitrogens is 2. The zero-order valence-electron chi connectivity index (χ0n) is 12.7. The Hall–Kier alpha value is -1.66. The largest absolute Gasteiger partial charge is 0.281 e. The van der Waals surface area contributed by atoms with Gasteiger partial charge >= 0.3 is 0 Å². The van der Waals surface area contributed by atoms with E-state index in [0.29, 0.717) is 0 Å². The van der Waals surface area contributed by atoms with Crippen LogP contribution in [0.3, 0.4) is 0 Å². The molecule has 0 aliphatic carbocycles. The second-order valence-corrected chi connectivity index (χ2v) is 7.84. The van der Waals surface area contributed by atoms with Gasteiger partial charge in [-0.15, -0.1) is 0 Å². The molecule has 6 heteroatoms. The highest BCUT2D eigenvalue weighted by molar-refractivity contribution is 7.89. The Morgan fingerprint density at radius 3 is 2.24 bits per heavy atom. The van der Waals surface area contributed by atoms with Gasteiger partial charge in [-0.25, -0.2) is 13.1 Å². The Kier molecular flexibility index (Phi) is 4.20. The fourth-order valence-corrected chi connectivity index (χ4v) is 3.23. The standard InChI is InChI=1S/C15H21N3O2S/c1-11(14-9-10-16-17-14)18-21(19,20)13-7-5-12(6-8-13)15(2,3)4/h5-11,18H,1-4H3,(H,16,17)/t11-/m0/s1. The highest BCUT2D eigenvalue weighted by atomic mass is 32.2. The van der Waals surface area contributed by atoms with Crippen LogP contribution in [0.25, 0.3) is 0 Å². The van der Waals surface area contributed by atoms with Crippen molar-refractivity contribution in [1.82, 2.24) is 14.9 Å². The number of hydrogen-bond donors (Lipinski definition) is 2. The molecule has 0 saturated heterocycles. The average molecular weight is 307 g/mol. The van der Waals surface area contributed by atoms with Crippen LogP contribution in [0.2, 0.25) is 0 Å². The summed E-state index contributed by atoms with van der Waals surface area (Å²) in [7, 11) is -3.55. The minimum atomic E-state index is -3.55. The summed E-state index contributed by atoms with van der Waals surface area (Å²) >= 11 is 0. The van der Waals surface area contributed by atoms with Crippen molar-refractivity contribution in [2.24, 2.45) is 0 Å². The normalized spacial score (nSPS) is 14.1. The molecular formula is C15H21N3O2S. The fourth-order valence-electron chi connectivity index (χ4n) is 2.01. The van der Waals surface area contributed by atoms with Crippen molar-refractivity contribution in [3.05, 3.63) is 47.8 Å². The monoisotopic (exact) mass is 307 g/mol. The predicted molar refractivity (Wildman–Crippen MR) is 82.5 cm³/mol. The molecule has 1 aromatic heterocycles. The van der Waals surface area contributed by atoms with Gasteiger partial charge in [-0.3, -0.25) is 5.10 Å². The lowest BCUT2D eigenvalue weighted by Gasteiger charge is -2.19. The van der Waals surface area contributed by atoms with Crippen LogP contribution in [0.5, 0.6) is 0 Å². The molecule has 0 aliphatic rings. The maximum absolute atomic E-state index is 12.4. The van der Waals surface area contributed by atoms with Crippen LogP contribution in [-0.2, 0) is 15.4 Å². The molecule has 114 valence electrons. The molecule has 1 aromatic carbocycles. The van der Waals surface area contributed by atoms with Crippen molar-refractivity contribution >= 4 is 10.0 Å². The summed E-state index contributed by atoms with van der Waals surface area (Å²) in [6.45, 7) is 8.05. The van der Waals surface area contributed by atoms with Crippen LogP contribution in [0.4, 0.5) is 0 Å². The van der Waals surface area contributed by atoms with Gasteiger partial charge in [0.2, 0.25) is 10.0 Å². The molecule has 2 aromatic rings. The van der Waals surface area contributed by atoms with Gasteiger partial charge in [0, 0.05) is 6.20 Å². The summed E-state index contributed by atoms with van der Waals surface area (Å²) in [5.41, 5.74) is 1.83. The number of rotatable bonds is 4. The summed E-state index contributed by atoms with van der Waals surface area (Å²) in [6.07, 6.45) is 1.60. The molecule has 0 aliphatic heterocycles. The van der Waals surface area contributed by atoms with E-state index in [1.807, 2.05) is 12.1 Å². The van der Waals surface area contributed by atoms with Crippen LogP contribution < -0.4 is 4.72 Å². The lowest BCUT2D eigenvalue weighted by Crippen LogP contribution is -2.27. The van der Waals surface area contributed by atoms with Crippen molar-refractivity contribution in [3.8, 4) is 0 Å². The van der Waals surface area contributed by atoms with Gasteiger partial charge in [0.05, 0.1) is 16.6 Å². The third-order valence-electron chi connectivity index (χ3n) is 3.35. The number of nitrogens with one attached hydrogen (secondary N) is 2. The highest BCUT2D eigenvalue weighted by Crippen LogP contribution is 2.24. The van der Waals surface area contributed by atoms with Crippen molar-refractivity contribution in [1.29, 1.82) is 0 Å². The topological polar surface area (TPSA) is 74.8 Å². The number of nitrogens with zero attached hydrogens (tertiary/aromatic N) is 1. The van der Waals surface area contributed by atoms with Gasteiger partial charge < -0.3 is 0 Å². The lowest BCUT2D eigenvalue weighted by molar-refractivity contribution is 0.562. The zero-order chi connectivity index (χ0) is 15.7. The summed E-state index contributed by atoms with van der Waals surface area (Å²) in [4.78, 5) is 0.266. The van der Waals surface area contributed by atoms with E-state index >= 15 is 0 Å². The lowest BCUT2D eigenvalue weighted by atomic mass is 9.87. The summed E-state index contributed by atoms with van der Waals surface area (Å²) in [6, 6.07) is 8.38. The molecule has 1 atom stereocenters. The van der Waals surface area contributed by atoms with E-state index in [2.05, 4.69) is 35.7 Å². The first-order valence-corrected chi connectivity index (χ1v) is 8.30. The molecule has 0 unspecified atom stereocenters. The van der Waals surface area contributed by atoms with Crippen LogP contribution in [0, 0.1) is 0 Å². The number of aromatic amines is 1. The first kappa shape index (κ1) is 15.7. The van der Waals surface area contributed by atoms with E-state index in [-0.39, 0.29) is 16.4 Å². The van der Waals surface area contributed by atoms with Crippen molar-refractivity contribution in [2.45, 2.75) is 44.0 Å². The maximum atomic E-state index is 12.4. The Labute approximate surface area is 125 Å². The number of sulfonamides is 1. The van der Waals surface area contributed by atoms with E-state index in [4.69, 9.17) is 0 Å². The maximum Gasteiger partial charge on any atom is 0.241 e.